The highest BCUT2D eigenvalue weighted by Crippen LogP contribution is 2.26. The van der Waals surface area contributed by atoms with Gasteiger partial charge in [0.2, 0.25) is 5.91 Å². The number of para-hydroxylation sites is 1. The second-order valence-corrected chi connectivity index (χ2v) is 6.92. The fourth-order valence-electron chi connectivity index (χ4n) is 3.25. The molecule has 3 heterocycles. The summed E-state index contributed by atoms with van der Waals surface area (Å²) in [5.41, 5.74) is 1.33. The van der Waals surface area contributed by atoms with E-state index in [1.807, 2.05) is 36.4 Å². The maximum Gasteiger partial charge on any atom is 0.229 e. The Balaban J connectivity index is 1.43. The van der Waals surface area contributed by atoms with E-state index in [4.69, 9.17) is 16.0 Å². The molecule has 0 aliphatic carbocycles. The van der Waals surface area contributed by atoms with Crippen LogP contribution in [0.3, 0.4) is 0 Å². The summed E-state index contributed by atoms with van der Waals surface area (Å²) in [6.45, 7) is 1.45. The molecule has 0 radical (unpaired) electrons. The van der Waals surface area contributed by atoms with Crippen LogP contribution < -0.4 is 10.2 Å². The number of carbonyl (C=O) groups excluding carboxylic acids is 1. The van der Waals surface area contributed by atoms with Crippen molar-refractivity contribution in [1.82, 2.24) is 10.2 Å². The summed E-state index contributed by atoms with van der Waals surface area (Å²) in [6, 6.07) is 14.7. The lowest BCUT2D eigenvalue weighted by atomic mass is 9.97. The summed E-state index contributed by atoms with van der Waals surface area (Å²) in [5.74, 6) is 1.31. The molecule has 3 aromatic rings. The molecule has 1 fully saturated rings. The lowest BCUT2D eigenvalue weighted by Crippen LogP contribution is -2.41. The minimum atomic E-state index is -0.124. The van der Waals surface area contributed by atoms with Crippen molar-refractivity contribution in [2.75, 3.05) is 23.3 Å². The van der Waals surface area contributed by atoms with Crippen LogP contribution in [0.25, 0.3) is 11.5 Å². The monoisotopic (exact) mass is 382 g/mol. The van der Waals surface area contributed by atoms with Gasteiger partial charge in [0.1, 0.15) is 5.69 Å². The third-order valence-electron chi connectivity index (χ3n) is 4.67. The number of aromatic nitrogens is 2. The number of hydrogen-bond donors (Lipinski definition) is 1. The molecule has 1 amide bonds. The zero-order valence-corrected chi connectivity index (χ0v) is 15.4. The molecule has 1 unspecified atom stereocenters. The first-order chi connectivity index (χ1) is 13.2. The Hall–Kier alpha value is -2.86. The van der Waals surface area contributed by atoms with Gasteiger partial charge in [-0.05, 0) is 49.2 Å². The van der Waals surface area contributed by atoms with Crippen LogP contribution in [0.5, 0.6) is 0 Å². The number of furan rings is 1. The number of piperidine rings is 1. The molecule has 7 heteroatoms. The maximum absolute atomic E-state index is 12.7. The van der Waals surface area contributed by atoms with E-state index in [-0.39, 0.29) is 11.8 Å². The summed E-state index contributed by atoms with van der Waals surface area (Å²) in [4.78, 5) is 14.8. The Labute approximate surface area is 162 Å². The van der Waals surface area contributed by atoms with E-state index in [0.717, 1.165) is 25.2 Å². The Kier molecular flexibility index (Phi) is 5.07. The maximum atomic E-state index is 12.7. The van der Waals surface area contributed by atoms with Crippen molar-refractivity contribution in [1.29, 1.82) is 0 Å². The first kappa shape index (κ1) is 17.5. The molecule has 6 nitrogen and oxygen atoms in total. The molecule has 1 aromatic carbocycles. The number of hydrogen-bond acceptors (Lipinski definition) is 5. The largest absolute Gasteiger partial charge is 0.463 e. The van der Waals surface area contributed by atoms with Crippen molar-refractivity contribution in [2.45, 2.75) is 12.8 Å². The lowest BCUT2D eigenvalue weighted by Gasteiger charge is -2.32. The quantitative estimate of drug-likeness (QED) is 0.730. The molecule has 4 rings (SSSR count). The fraction of sp³-hybridized carbons (Fsp3) is 0.250. The van der Waals surface area contributed by atoms with Gasteiger partial charge < -0.3 is 14.6 Å². The van der Waals surface area contributed by atoms with E-state index < -0.39 is 0 Å². The zero-order chi connectivity index (χ0) is 18.6. The molecule has 1 saturated heterocycles. The molecule has 1 aliphatic heterocycles. The van der Waals surface area contributed by atoms with E-state index >= 15 is 0 Å². The van der Waals surface area contributed by atoms with Gasteiger partial charge in [0.15, 0.2) is 11.6 Å². The van der Waals surface area contributed by atoms with Crippen LogP contribution in [-0.4, -0.2) is 29.2 Å². The van der Waals surface area contributed by atoms with Crippen LogP contribution in [-0.2, 0) is 4.79 Å². The Morgan fingerprint density at radius 3 is 2.78 bits per heavy atom. The molecular weight excluding hydrogens is 364 g/mol. The van der Waals surface area contributed by atoms with Gasteiger partial charge in [0.25, 0.3) is 0 Å². The SMILES string of the molecule is O=C(Nc1ccccc1Cl)C1CCCN(c2ccc(-c3ccco3)nn2)C1. The summed E-state index contributed by atoms with van der Waals surface area (Å²) in [6.07, 6.45) is 3.37. The molecule has 1 atom stereocenters. The van der Waals surface area contributed by atoms with E-state index in [1.165, 1.54) is 0 Å². The van der Waals surface area contributed by atoms with Crippen LogP contribution in [0, 0.1) is 5.92 Å². The zero-order valence-electron chi connectivity index (χ0n) is 14.6. The Morgan fingerprint density at radius 1 is 1.15 bits per heavy atom. The number of benzene rings is 1. The van der Waals surface area contributed by atoms with Gasteiger partial charge in [-0.25, -0.2) is 0 Å². The number of nitrogens with one attached hydrogen (secondary N) is 1. The Bertz CT molecular complexity index is 912. The van der Waals surface area contributed by atoms with E-state index in [1.54, 1.807) is 18.4 Å². The molecular formula is C20H19ClN4O2. The predicted octanol–water partition coefficient (Wildman–Crippen LogP) is 4.25. The van der Waals surface area contributed by atoms with Gasteiger partial charge >= 0.3 is 0 Å². The van der Waals surface area contributed by atoms with Crippen molar-refractivity contribution >= 4 is 29.0 Å². The minimum absolute atomic E-state index is 0.0204. The van der Waals surface area contributed by atoms with Crippen molar-refractivity contribution in [2.24, 2.45) is 5.92 Å². The van der Waals surface area contributed by atoms with Gasteiger partial charge in [-0.15, -0.1) is 10.2 Å². The summed E-state index contributed by atoms with van der Waals surface area (Å²) < 4.78 is 5.34. The number of anilines is 2. The van der Waals surface area contributed by atoms with Crippen LogP contribution >= 0.6 is 11.6 Å². The van der Waals surface area contributed by atoms with Crippen molar-refractivity contribution < 1.29 is 9.21 Å². The number of halogens is 1. The standard InChI is InChI=1S/C20H19ClN4O2/c21-15-6-1-2-7-16(15)22-20(26)14-5-3-11-25(13-14)19-10-9-17(23-24-19)18-8-4-12-27-18/h1-2,4,6-10,12,14H,3,5,11,13H2,(H,22,26). The summed E-state index contributed by atoms with van der Waals surface area (Å²) in [5, 5.41) is 12.0. The van der Waals surface area contributed by atoms with Crippen LogP contribution in [0.1, 0.15) is 12.8 Å². The van der Waals surface area contributed by atoms with Crippen molar-refractivity contribution in [3.63, 3.8) is 0 Å². The minimum Gasteiger partial charge on any atom is -0.463 e. The highest BCUT2D eigenvalue weighted by molar-refractivity contribution is 6.33. The van der Waals surface area contributed by atoms with Gasteiger partial charge in [0.05, 0.1) is 22.9 Å². The van der Waals surface area contributed by atoms with Crippen molar-refractivity contribution in [3.05, 3.63) is 59.8 Å². The molecule has 1 aliphatic rings. The van der Waals surface area contributed by atoms with Crippen molar-refractivity contribution in [3.8, 4) is 11.5 Å². The highest BCUT2D eigenvalue weighted by atomic mass is 35.5. The Morgan fingerprint density at radius 2 is 2.04 bits per heavy atom. The van der Waals surface area contributed by atoms with E-state index in [9.17, 15) is 4.79 Å². The second kappa shape index (κ2) is 7.80. The van der Waals surface area contributed by atoms with Gasteiger partial charge in [-0.3, -0.25) is 4.79 Å². The first-order valence-electron chi connectivity index (χ1n) is 8.88. The van der Waals surface area contributed by atoms with Gasteiger partial charge in [0, 0.05) is 13.1 Å². The molecule has 2 aromatic heterocycles. The summed E-state index contributed by atoms with van der Waals surface area (Å²) in [7, 11) is 0. The van der Waals surface area contributed by atoms with Crippen LogP contribution in [0.2, 0.25) is 5.02 Å². The molecule has 0 bridgehead atoms. The lowest BCUT2D eigenvalue weighted by molar-refractivity contribution is -0.120. The molecule has 0 spiro atoms. The summed E-state index contributed by atoms with van der Waals surface area (Å²) >= 11 is 6.14. The number of amides is 1. The normalized spacial score (nSPS) is 16.9. The highest BCUT2D eigenvalue weighted by Gasteiger charge is 2.27. The average molecular weight is 383 g/mol. The van der Waals surface area contributed by atoms with Gasteiger partial charge in [-0.2, -0.15) is 0 Å². The molecule has 138 valence electrons. The number of carbonyl (C=O) groups is 1. The molecule has 27 heavy (non-hydrogen) atoms. The van der Waals surface area contributed by atoms with E-state index in [2.05, 4.69) is 20.4 Å². The third kappa shape index (κ3) is 3.95. The van der Waals surface area contributed by atoms with E-state index in [0.29, 0.717) is 28.7 Å². The second-order valence-electron chi connectivity index (χ2n) is 6.51. The topological polar surface area (TPSA) is 71.3 Å². The van der Waals surface area contributed by atoms with Crippen LogP contribution in [0.15, 0.2) is 59.2 Å². The molecule has 1 N–H and O–H groups in total. The smallest absolute Gasteiger partial charge is 0.229 e. The van der Waals surface area contributed by atoms with Crippen LogP contribution in [0.4, 0.5) is 11.5 Å². The average Bonchev–Trinajstić information content (AvgIpc) is 3.25. The van der Waals surface area contributed by atoms with Gasteiger partial charge in [-0.1, -0.05) is 23.7 Å². The number of nitrogens with zero attached hydrogens (tertiary/aromatic N) is 3. The first-order valence-corrected chi connectivity index (χ1v) is 9.26. The molecule has 0 saturated carbocycles. The predicted molar refractivity (Wildman–Crippen MR) is 105 cm³/mol. The number of rotatable bonds is 4. The fourth-order valence-corrected chi connectivity index (χ4v) is 3.43. The third-order valence-corrected chi connectivity index (χ3v) is 5.00.